The van der Waals surface area contributed by atoms with Crippen molar-refractivity contribution in [1.82, 2.24) is 14.5 Å². The number of hydrogen-bond donors (Lipinski definition) is 1. The van der Waals surface area contributed by atoms with Crippen molar-refractivity contribution in [3.8, 4) is 0 Å². The van der Waals surface area contributed by atoms with Gasteiger partial charge in [0.2, 0.25) is 11.8 Å². The molecule has 0 heterocycles. The Balaban J connectivity index is 1.96. The van der Waals surface area contributed by atoms with E-state index in [1.807, 2.05) is 6.92 Å². The van der Waals surface area contributed by atoms with Crippen LogP contribution in [0.25, 0.3) is 0 Å². The molecular weight excluding hydrogens is 547 g/mol. The van der Waals surface area contributed by atoms with E-state index in [-0.39, 0.29) is 18.5 Å². The summed E-state index contributed by atoms with van der Waals surface area (Å²) in [6.45, 7) is 1.37. The van der Waals surface area contributed by atoms with Crippen LogP contribution in [0.15, 0.2) is 48.5 Å². The molecule has 2 aromatic carbocycles. The fourth-order valence-electron chi connectivity index (χ4n) is 4.61. The van der Waals surface area contributed by atoms with Crippen LogP contribution in [-0.2, 0) is 26.3 Å². The van der Waals surface area contributed by atoms with Gasteiger partial charge < -0.3 is 10.2 Å². The fourth-order valence-corrected chi connectivity index (χ4v) is 6.13. The number of hydrogen-bond acceptors (Lipinski definition) is 4. The molecule has 208 valence electrons. The number of halogens is 2. The lowest BCUT2D eigenvalue weighted by molar-refractivity contribution is -0.140. The number of nitrogens with one attached hydrogen (secondary N) is 1. The average molecular weight is 584 g/mol. The van der Waals surface area contributed by atoms with Gasteiger partial charge in [-0.3, -0.25) is 9.59 Å². The highest BCUT2D eigenvalue weighted by molar-refractivity contribution is 7.90. The summed E-state index contributed by atoms with van der Waals surface area (Å²) in [4.78, 5) is 28.8. The van der Waals surface area contributed by atoms with Gasteiger partial charge in [-0.05, 0) is 49.1 Å². The molecule has 38 heavy (non-hydrogen) atoms. The van der Waals surface area contributed by atoms with Gasteiger partial charge in [0.1, 0.15) is 12.6 Å². The Hall–Kier alpha value is -2.33. The molecular formula is C27H36Cl2N4O4S. The molecule has 1 N–H and O–H groups in total. The minimum Gasteiger partial charge on any atom is -0.352 e. The van der Waals surface area contributed by atoms with Gasteiger partial charge in [-0.2, -0.15) is 12.7 Å². The Morgan fingerprint density at radius 2 is 1.68 bits per heavy atom. The zero-order valence-corrected chi connectivity index (χ0v) is 24.4. The largest absolute Gasteiger partial charge is 0.352 e. The quantitative estimate of drug-likeness (QED) is 0.409. The number of carbonyl (C=O) groups excluding carboxylic acids is 2. The molecule has 0 bridgehead atoms. The third-order valence-corrected chi connectivity index (χ3v) is 9.16. The highest BCUT2D eigenvalue weighted by Gasteiger charge is 2.34. The van der Waals surface area contributed by atoms with Gasteiger partial charge in [-0.15, -0.1) is 0 Å². The smallest absolute Gasteiger partial charge is 0.304 e. The van der Waals surface area contributed by atoms with Crippen LogP contribution < -0.4 is 9.62 Å². The summed E-state index contributed by atoms with van der Waals surface area (Å²) in [5.74, 6) is -0.768. The number of anilines is 1. The summed E-state index contributed by atoms with van der Waals surface area (Å²) < 4.78 is 28.6. The lowest BCUT2D eigenvalue weighted by Gasteiger charge is -2.35. The van der Waals surface area contributed by atoms with Crippen LogP contribution in [-0.4, -0.2) is 62.2 Å². The molecule has 2 aromatic rings. The summed E-state index contributed by atoms with van der Waals surface area (Å²) in [6.07, 6.45) is 5.42. The van der Waals surface area contributed by atoms with E-state index < -0.39 is 28.7 Å². The van der Waals surface area contributed by atoms with Gasteiger partial charge in [0.25, 0.3) is 0 Å². The maximum Gasteiger partial charge on any atom is 0.304 e. The van der Waals surface area contributed by atoms with E-state index in [1.54, 1.807) is 48.5 Å². The zero-order valence-electron chi connectivity index (χ0n) is 22.1. The molecule has 0 aliphatic heterocycles. The molecule has 0 spiro atoms. The van der Waals surface area contributed by atoms with Crippen molar-refractivity contribution < 1.29 is 18.0 Å². The lowest BCUT2D eigenvalue weighted by atomic mass is 9.95. The van der Waals surface area contributed by atoms with Gasteiger partial charge in [-0.25, -0.2) is 4.31 Å². The molecule has 2 amide bonds. The minimum absolute atomic E-state index is 0.0239. The van der Waals surface area contributed by atoms with Crippen LogP contribution in [0.2, 0.25) is 10.0 Å². The first-order valence-corrected chi connectivity index (χ1v) is 15.0. The summed E-state index contributed by atoms with van der Waals surface area (Å²) in [6, 6.07) is 12.6. The SMILES string of the molecule is CCC(C(=O)NC1CCCCC1)N(Cc1ccc(Cl)cc1Cl)C(=O)CN(c1ccccc1)S(=O)(=O)N(C)C. The number of amides is 2. The predicted octanol–water partition coefficient (Wildman–Crippen LogP) is 4.86. The van der Waals surface area contributed by atoms with Gasteiger partial charge in [0, 0.05) is 36.7 Å². The second-order valence-electron chi connectivity index (χ2n) is 9.66. The summed E-state index contributed by atoms with van der Waals surface area (Å²) in [5, 5.41) is 3.93. The molecule has 0 aromatic heterocycles. The Morgan fingerprint density at radius 3 is 2.26 bits per heavy atom. The van der Waals surface area contributed by atoms with Gasteiger partial charge in [0.05, 0.1) is 5.69 Å². The van der Waals surface area contributed by atoms with E-state index in [1.165, 1.54) is 19.0 Å². The molecule has 1 atom stereocenters. The maximum absolute atomic E-state index is 13.9. The second kappa shape index (κ2) is 13.6. The third kappa shape index (κ3) is 7.62. The van der Waals surface area contributed by atoms with E-state index in [2.05, 4.69) is 5.32 Å². The van der Waals surface area contributed by atoms with Crippen molar-refractivity contribution in [1.29, 1.82) is 0 Å². The molecule has 0 saturated heterocycles. The number of benzene rings is 2. The van der Waals surface area contributed by atoms with Crippen LogP contribution in [0.5, 0.6) is 0 Å². The van der Waals surface area contributed by atoms with Gasteiger partial charge in [-0.1, -0.05) is 73.7 Å². The molecule has 0 radical (unpaired) electrons. The first-order chi connectivity index (χ1) is 18.0. The van der Waals surface area contributed by atoms with Crippen molar-refractivity contribution in [2.24, 2.45) is 0 Å². The van der Waals surface area contributed by atoms with Crippen molar-refractivity contribution >= 4 is 50.9 Å². The molecule has 11 heteroatoms. The standard InChI is InChI=1S/C27H36Cl2N4O4S/c1-4-25(27(35)30-22-11-7-5-8-12-22)32(18-20-15-16-21(28)17-24(20)29)26(34)19-33(38(36,37)31(2)3)23-13-9-6-10-14-23/h6,9-10,13-17,22,25H,4-5,7-8,11-12,18-19H2,1-3H3,(H,30,35). The molecule has 1 saturated carbocycles. The van der Waals surface area contributed by atoms with E-state index in [0.717, 1.165) is 40.7 Å². The first-order valence-electron chi connectivity index (χ1n) is 12.8. The van der Waals surface area contributed by atoms with E-state index >= 15 is 0 Å². The normalized spacial score (nSPS) is 15.2. The molecule has 1 unspecified atom stereocenters. The van der Waals surface area contributed by atoms with Crippen LogP contribution in [0.4, 0.5) is 5.69 Å². The predicted molar refractivity (Wildman–Crippen MR) is 153 cm³/mol. The second-order valence-corrected chi connectivity index (χ2v) is 12.6. The number of nitrogens with zero attached hydrogens (tertiary/aromatic N) is 3. The topological polar surface area (TPSA) is 90.0 Å². The van der Waals surface area contributed by atoms with Crippen LogP contribution in [0.3, 0.4) is 0 Å². The van der Waals surface area contributed by atoms with Gasteiger partial charge in [0.15, 0.2) is 0 Å². The Kier molecular flexibility index (Phi) is 10.8. The molecule has 8 nitrogen and oxygen atoms in total. The van der Waals surface area contributed by atoms with Crippen LogP contribution in [0, 0.1) is 0 Å². The summed E-state index contributed by atoms with van der Waals surface area (Å²) >= 11 is 12.5. The lowest BCUT2D eigenvalue weighted by Crippen LogP contribution is -2.54. The van der Waals surface area contributed by atoms with E-state index in [0.29, 0.717) is 27.7 Å². The number of para-hydroxylation sites is 1. The zero-order chi connectivity index (χ0) is 27.9. The summed E-state index contributed by atoms with van der Waals surface area (Å²) in [5.41, 5.74) is 0.953. The number of carbonyl (C=O) groups is 2. The fraction of sp³-hybridized carbons (Fsp3) is 0.481. The van der Waals surface area contributed by atoms with Gasteiger partial charge >= 0.3 is 10.2 Å². The Labute approximate surface area is 236 Å². The van der Waals surface area contributed by atoms with Crippen molar-refractivity contribution in [2.75, 3.05) is 24.9 Å². The molecule has 1 aliphatic rings. The third-order valence-electron chi connectivity index (χ3n) is 6.76. The molecule has 1 fully saturated rings. The van der Waals surface area contributed by atoms with Crippen LogP contribution >= 0.6 is 23.2 Å². The van der Waals surface area contributed by atoms with Crippen molar-refractivity contribution in [3.05, 3.63) is 64.1 Å². The molecule has 3 rings (SSSR count). The molecule has 1 aliphatic carbocycles. The minimum atomic E-state index is -4.01. The van der Waals surface area contributed by atoms with Crippen molar-refractivity contribution in [3.63, 3.8) is 0 Å². The van der Waals surface area contributed by atoms with E-state index in [4.69, 9.17) is 23.2 Å². The highest BCUT2D eigenvalue weighted by atomic mass is 35.5. The highest BCUT2D eigenvalue weighted by Crippen LogP contribution is 2.26. The summed E-state index contributed by atoms with van der Waals surface area (Å²) in [7, 11) is -1.19. The monoisotopic (exact) mass is 582 g/mol. The Bertz CT molecular complexity index is 1200. The first kappa shape index (κ1) is 30.2. The van der Waals surface area contributed by atoms with Crippen LogP contribution in [0.1, 0.15) is 51.0 Å². The maximum atomic E-state index is 13.9. The van der Waals surface area contributed by atoms with E-state index in [9.17, 15) is 18.0 Å². The number of rotatable bonds is 11. The Morgan fingerprint density at radius 1 is 1.03 bits per heavy atom. The van der Waals surface area contributed by atoms with Crippen molar-refractivity contribution in [2.45, 2.75) is 64.1 Å². The average Bonchev–Trinajstić information content (AvgIpc) is 2.89.